The van der Waals surface area contributed by atoms with E-state index in [0.29, 0.717) is 29.5 Å². The van der Waals surface area contributed by atoms with Crippen molar-refractivity contribution in [3.63, 3.8) is 0 Å². The zero-order valence-corrected chi connectivity index (χ0v) is 18.6. The van der Waals surface area contributed by atoms with E-state index in [1.807, 2.05) is 52.9 Å². The third kappa shape index (κ3) is 3.84. The van der Waals surface area contributed by atoms with Crippen molar-refractivity contribution in [3.05, 3.63) is 70.0 Å². The average molecular weight is 450 g/mol. The van der Waals surface area contributed by atoms with E-state index in [1.54, 1.807) is 6.07 Å². The Morgan fingerprint density at radius 2 is 1.97 bits per heavy atom. The highest BCUT2D eigenvalue weighted by Gasteiger charge is 2.27. The molecule has 164 valence electrons. The minimum Gasteiger partial charge on any atom is -0.359 e. The summed E-state index contributed by atoms with van der Waals surface area (Å²) >= 11 is 6.49. The number of nitrogens with one attached hydrogen (secondary N) is 2. The van der Waals surface area contributed by atoms with Gasteiger partial charge in [0.15, 0.2) is 5.69 Å². The molecule has 1 fully saturated rings. The van der Waals surface area contributed by atoms with Crippen molar-refractivity contribution in [3.8, 4) is 5.69 Å². The molecule has 0 bridgehead atoms. The molecule has 1 saturated heterocycles. The van der Waals surface area contributed by atoms with Crippen molar-refractivity contribution in [1.82, 2.24) is 15.1 Å². The Balaban J connectivity index is 1.39. The third-order valence-corrected chi connectivity index (χ3v) is 6.31. The first-order chi connectivity index (χ1) is 15.5. The van der Waals surface area contributed by atoms with Crippen LogP contribution in [0.5, 0.6) is 0 Å². The molecule has 0 spiro atoms. The van der Waals surface area contributed by atoms with Crippen molar-refractivity contribution in [2.75, 3.05) is 29.9 Å². The lowest BCUT2D eigenvalue weighted by atomic mass is 10.2. The molecule has 0 unspecified atom stereocenters. The first-order valence-electron chi connectivity index (χ1n) is 10.8. The fourth-order valence-corrected chi connectivity index (χ4v) is 4.69. The largest absolute Gasteiger partial charge is 0.359 e. The standard InChI is InChI=1S/C24H24ClN5O2/c1-15-5-8-17(9-6-15)30-20-4-2-3-18(20)23(28-30)24(32)27-16-7-10-21(19(25)13-16)29-12-11-26-22(31)14-29/h5-10,13H,2-4,11-12,14H2,1H3,(H,26,31)(H,27,32). The van der Waals surface area contributed by atoms with Crippen LogP contribution in [-0.4, -0.2) is 41.2 Å². The van der Waals surface area contributed by atoms with E-state index < -0.39 is 0 Å². The van der Waals surface area contributed by atoms with Gasteiger partial charge >= 0.3 is 0 Å². The number of nitrogens with zero attached hydrogens (tertiary/aromatic N) is 3. The van der Waals surface area contributed by atoms with Gasteiger partial charge < -0.3 is 15.5 Å². The van der Waals surface area contributed by atoms with Crippen molar-refractivity contribution in [1.29, 1.82) is 0 Å². The van der Waals surface area contributed by atoms with Crippen LogP contribution in [-0.2, 0) is 17.6 Å². The number of aryl methyl sites for hydroxylation is 1. The molecule has 2 N–H and O–H groups in total. The number of carbonyl (C=O) groups is 2. The van der Waals surface area contributed by atoms with Crippen LogP contribution < -0.4 is 15.5 Å². The minimum absolute atomic E-state index is 0.0253. The molecule has 3 aromatic rings. The number of hydrogen-bond donors (Lipinski definition) is 2. The van der Waals surface area contributed by atoms with Crippen LogP contribution in [0.3, 0.4) is 0 Å². The monoisotopic (exact) mass is 449 g/mol. The molecule has 1 aromatic heterocycles. The summed E-state index contributed by atoms with van der Waals surface area (Å²) in [5.41, 5.74) is 6.12. The zero-order valence-electron chi connectivity index (χ0n) is 17.8. The van der Waals surface area contributed by atoms with E-state index in [9.17, 15) is 9.59 Å². The molecule has 2 amide bonds. The van der Waals surface area contributed by atoms with E-state index in [4.69, 9.17) is 11.6 Å². The van der Waals surface area contributed by atoms with Crippen LogP contribution in [0, 0.1) is 6.92 Å². The second kappa shape index (κ2) is 8.31. The van der Waals surface area contributed by atoms with Gasteiger partial charge in [-0.25, -0.2) is 4.68 Å². The maximum atomic E-state index is 13.1. The van der Waals surface area contributed by atoms with Crippen LogP contribution in [0.25, 0.3) is 5.69 Å². The number of benzene rings is 2. The Kier molecular flexibility index (Phi) is 5.35. The number of fused-ring (bicyclic) bond motifs is 1. The lowest BCUT2D eigenvalue weighted by Crippen LogP contribution is -2.47. The Morgan fingerprint density at radius 3 is 2.72 bits per heavy atom. The highest BCUT2D eigenvalue weighted by molar-refractivity contribution is 6.33. The summed E-state index contributed by atoms with van der Waals surface area (Å²) in [6.45, 7) is 3.60. The van der Waals surface area contributed by atoms with Gasteiger partial charge in [-0.3, -0.25) is 9.59 Å². The summed E-state index contributed by atoms with van der Waals surface area (Å²) in [5, 5.41) is 10.9. The molecule has 0 saturated carbocycles. The summed E-state index contributed by atoms with van der Waals surface area (Å²) in [7, 11) is 0. The molecule has 1 aliphatic carbocycles. The Bertz CT molecular complexity index is 1200. The number of piperazine rings is 1. The predicted molar refractivity (Wildman–Crippen MR) is 125 cm³/mol. The van der Waals surface area contributed by atoms with Gasteiger partial charge in [-0.05, 0) is 56.5 Å². The summed E-state index contributed by atoms with van der Waals surface area (Å²) in [6, 6.07) is 13.5. The molecule has 7 nitrogen and oxygen atoms in total. The molecule has 0 atom stereocenters. The number of rotatable bonds is 4. The molecule has 5 rings (SSSR count). The summed E-state index contributed by atoms with van der Waals surface area (Å²) in [6.07, 6.45) is 2.78. The first kappa shape index (κ1) is 20.6. The molecular weight excluding hydrogens is 426 g/mol. The van der Waals surface area contributed by atoms with E-state index >= 15 is 0 Å². The number of anilines is 2. The van der Waals surface area contributed by atoms with Gasteiger partial charge in [0.25, 0.3) is 5.91 Å². The fourth-order valence-electron chi connectivity index (χ4n) is 4.39. The summed E-state index contributed by atoms with van der Waals surface area (Å²) < 4.78 is 1.90. The maximum absolute atomic E-state index is 13.1. The van der Waals surface area contributed by atoms with Crippen molar-refractivity contribution in [2.24, 2.45) is 0 Å². The topological polar surface area (TPSA) is 79.3 Å². The van der Waals surface area contributed by atoms with Crippen LogP contribution in [0.4, 0.5) is 11.4 Å². The van der Waals surface area contributed by atoms with E-state index in [2.05, 4.69) is 15.7 Å². The quantitative estimate of drug-likeness (QED) is 0.638. The van der Waals surface area contributed by atoms with Gasteiger partial charge in [0.1, 0.15) is 0 Å². The van der Waals surface area contributed by atoms with Crippen LogP contribution >= 0.6 is 11.6 Å². The highest BCUT2D eigenvalue weighted by Crippen LogP contribution is 2.31. The Morgan fingerprint density at radius 1 is 1.16 bits per heavy atom. The van der Waals surface area contributed by atoms with E-state index in [-0.39, 0.29) is 18.4 Å². The average Bonchev–Trinajstić information content (AvgIpc) is 3.37. The van der Waals surface area contributed by atoms with E-state index in [0.717, 1.165) is 41.9 Å². The number of carbonyl (C=O) groups excluding carboxylic acids is 2. The van der Waals surface area contributed by atoms with Crippen LogP contribution in [0.2, 0.25) is 5.02 Å². The zero-order chi connectivity index (χ0) is 22.2. The second-order valence-electron chi connectivity index (χ2n) is 8.27. The molecule has 1 aliphatic heterocycles. The fraction of sp³-hybridized carbons (Fsp3) is 0.292. The SMILES string of the molecule is Cc1ccc(-n2nc(C(=O)Nc3ccc(N4CCNC(=O)C4)c(Cl)c3)c3c2CCC3)cc1. The summed E-state index contributed by atoms with van der Waals surface area (Å²) in [5.74, 6) is -0.266. The predicted octanol–water partition coefficient (Wildman–Crippen LogP) is 3.51. The van der Waals surface area contributed by atoms with Crippen LogP contribution in [0.1, 0.15) is 33.7 Å². The van der Waals surface area contributed by atoms with Gasteiger partial charge in [-0.1, -0.05) is 29.3 Å². The number of aromatic nitrogens is 2. The summed E-state index contributed by atoms with van der Waals surface area (Å²) in [4.78, 5) is 26.7. The molecule has 32 heavy (non-hydrogen) atoms. The Labute approximate surface area is 191 Å². The van der Waals surface area contributed by atoms with Crippen molar-refractivity contribution < 1.29 is 9.59 Å². The molecular formula is C24H24ClN5O2. The van der Waals surface area contributed by atoms with E-state index in [1.165, 1.54) is 5.56 Å². The number of amides is 2. The van der Waals surface area contributed by atoms with Gasteiger partial charge in [0.2, 0.25) is 5.91 Å². The van der Waals surface area contributed by atoms with Gasteiger partial charge in [0.05, 0.1) is 22.9 Å². The minimum atomic E-state index is -0.241. The smallest absolute Gasteiger partial charge is 0.276 e. The molecule has 2 aliphatic rings. The number of halogens is 1. The molecule has 0 radical (unpaired) electrons. The van der Waals surface area contributed by atoms with Gasteiger partial charge in [-0.2, -0.15) is 5.10 Å². The lowest BCUT2D eigenvalue weighted by molar-refractivity contribution is -0.120. The first-order valence-corrected chi connectivity index (χ1v) is 11.2. The van der Waals surface area contributed by atoms with Gasteiger partial charge in [-0.15, -0.1) is 0 Å². The van der Waals surface area contributed by atoms with Crippen molar-refractivity contribution >= 4 is 34.8 Å². The number of hydrogen-bond acceptors (Lipinski definition) is 4. The molecule has 2 heterocycles. The Hall–Kier alpha value is -3.32. The van der Waals surface area contributed by atoms with Crippen LogP contribution in [0.15, 0.2) is 42.5 Å². The van der Waals surface area contributed by atoms with Crippen molar-refractivity contribution in [2.45, 2.75) is 26.2 Å². The van der Waals surface area contributed by atoms with Gasteiger partial charge in [0, 0.05) is 30.0 Å². The highest BCUT2D eigenvalue weighted by atomic mass is 35.5. The lowest BCUT2D eigenvalue weighted by Gasteiger charge is -2.29. The second-order valence-corrected chi connectivity index (χ2v) is 8.67. The normalized spacial score (nSPS) is 15.4. The third-order valence-electron chi connectivity index (χ3n) is 6.01. The molecule has 2 aromatic carbocycles. The maximum Gasteiger partial charge on any atom is 0.276 e. The molecule has 8 heteroatoms.